The lowest BCUT2D eigenvalue weighted by atomic mass is 10.3. The number of hydrogen-bond donors (Lipinski definition) is 3. The predicted octanol–water partition coefficient (Wildman–Crippen LogP) is 1.67. The quantitative estimate of drug-likeness (QED) is 0.713. The van der Waals surface area contributed by atoms with Gasteiger partial charge in [0.05, 0.1) is 11.3 Å². The zero-order chi connectivity index (χ0) is 10.8. The first kappa shape index (κ1) is 10.5. The number of aliphatic hydroxyl groups is 1. The van der Waals surface area contributed by atoms with E-state index in [1.54, 1.807) is 6.07 Å². The minimum Gasteiger partial charge on any atom is -0.506 e. The summed E-state index contributed by atoms with van der Waals surface area (Å²) in [5.41, 5.74) is 6.11. The lowest BCUT2D eigenvalue weighted by molar-refractivity contribution is 0.322. The number of thiazole rings is 1. The summed E-state index contributed by atoms with van der Waals surface area (Å²) >= 11 is 2.83. The van der Waals surface area contributed by atoms with Crippen molar-refractivity contribution < 1.29 is 10.2 Å². The fourth-order valence-electron chi connectivity index (χ4n) is 1.25. The standard InChI is InChI=1S/C9H10N2O2S2/c10-9-11-8-6(13)3-5(14-2-1-12)4-7(8)15-9/h3-4,12-13H,1-2H2,(H2,10,11). The first-order valence-corrected chi connectivity index (χ1v) is 6.13. The van der Waals surface area contributed by atoms with Gasteiger partial charge in [0.25, 0.3) is 0 Å². The number of nitrogen functional groups attached to an aromatic ring is 1. The Kier molecular flexibility index (Phi) is 2.99. The van der Waals surface area contributed by atoms with Gasteiger partial charge in [0.15, 0.2) is 5.13 Å². The summed E-state index contributed by atoms with van der Waals surface area (Å²) in [6.07, 6.45) is 0. The molecule has 0 aliphatic heterocycles. The monoisotopic (exact) mass is 242 g/mol. The molecule has 0 bridgehead atoms. The van der Waals surface area contributed by atoms with E-state index in [-0.39, 0.29) is 12.4 Å². The Morgan fingerprint density at radius 2 is 2.27 bits per heavy atom. The summed E-state index contributed by atoms with van der Waals surface area (Å²) in [5.74, 6) is 0.750. The maximum absolute atomic E-state index is 9.68. The molecule has 0 aliphatic carbocycles. The first-order valence-electron chi connectivity index (χ1n) is 4.33. The molecule has 0 saturated carbocycles. The number of nitrogens with zero attached hydrogens (tertiary/aromatic N) is 1. The lowest BCUT2D eigenvalue weighted by Gasteiger charge is -2.00. The summed E-state index contributed by atoms with van der Waals surface area (Å²) in [7, 11) is 0. The molecule has 0 saturated heterocycles. The minimum absolute atomic E-state index is 0.119. The van der Waals surface area contributed by atoms with Crippen molar-refractivity contribution in [3.05, 3.63) is 12.1 Å². The second kappa shape index (κ2) is 4.26. The van der Waals surface area contributed by atoms with E-state index in [2.05, 4.69) is 4.98 Å². The average molecular weight is 242 g/mol. The van der Waals surface area contributed by atoms with Gasteiger partial charge in [-0.25, -0.2) is 4.98 Å². The highest BCUT2D eigenvalue weighted by molar-refractivity contribution is 7.99. The average Bonchev–Trinajstić information content (AvgIpc) is 2.56. The summed E-state index contributed by atoms with van der Waals surface area (Å²) in [6, 6.07) is 3.56. The van der Waals surface area contributed by atoms with Crippen LogP contribution >= 0.6 is 23.1 Å². The highest BCUT2D eigenvalue weighted by atomic mass is 32.2. The van der Waals surface area contributed by atoms with Gasteiger partial charge in [0, 0.05) is 10.6 Å². The van der Waals surface area contributed by atoms with Crippen LogP contribution in [0.5, 0.6) is 5.75 Å². The number of aromatic hydroxyl groups is 1. The number of anilines is 1. The van der Waals surface area contributed by atoms with Gasteiger partial charge in [-0.2, -0.15) is 0 Å². The number of aromatic nitrogens is 1. The first-order chi connectivity index (χ1) is 7.20. The number of phenolic OH excluding ortho intramolecular Hbond substituents is 1. The van der Waals surface area contributed by atoms with Gasteiger partial charge in [-0.1, -0.05) is 11.3 Å². The minimum atomic E-state index is 0.119. The van der Waals surface area contributed by atoms with Gasteiger partial charge < -0.3 is 15.9 Å². The Hall–Kier alpha value is -0.980. The van der Waals surface area contributed by atoms with E-state index in [0.29, 0.717) is 16.4 Å². The molecule has 0 amide bonds. The maximum Gasteiger partial charge on any atom is 0.181 e. The number of fused-ring (bicyclic) bond motifs is 1. The lowest BCUT2D eigenvalue weighted by Crippen LogP contribution is -1.85. The second-order valence-corrected chi connectivity index (χ2v) is 5.14. The molecule has 1 aromatic heterocycles. The third-order valence-corrected chi connectivity index (χ3v) is 3.61. The topological polar surface area (TPSA) is 79.4 Å². The number of hydrogen-bond acceptors (Lipinski definition) is 6. The third kappa shape index (κ3) is 2.17. The molecule has 4 N–H and O–H groups in total. The van der Waals surface area contributed by atoms with Gasteiger partial charge in [-0.3, -0.25) is 0 Å². The predicted molar refractivity (Wildman–Crippen MR) is 63.5 cm³/mol. The van der Waals surface area contributed by atoms with E-state index in [1.165, 1.54) is 23.1 Å². The molecule has 0 radical (unpaired) electrons. The van der Waals surface area contributed by atoms with E-state index in [0.717, 1.165) is 9.60 Å². The van der Waals surface area contributed by atoms with Crippen molar-refractivity contribution in [2.75, 3.05) is 18.1 Å². The number of nitrogens with two attached hydrogens (primary N) is 1. The number of rotatable bonds is 3. The molecule has 15 heavy (non-hydrogen) atoms. The highest BCUT2D eigenvalue weighted by Gasteiger charge is 2.08. The Bertz CT molecular complexity index is 484. The number of aliphatic hydroxyl groups excluding tert-OH is 1. The van der Waals surface area contributed by atoms with Crippen LogP contribution in [0.25, 0.3) is 10.2 Å². The Balaban J connectivity index is 2.42. The molecular formula is C9H10N2O2S2. The largest absolute Gasteiger partial charge is 0.506 e. The molecule has 80 valence electrons. The Morgan fingerprint density at radius 3 is 3.00 bits per heavy atom. The smallest absolute Gasteiger partial charge is 0.181 e. The number of phenols is 1. The molecule has 0 atom stereocenters. The van der Waals surface area contributed by atoms with Gasteiger partial charge in [0.1, 0.15) is 11.3 Å². The van der Waals surface area contributed by atoms with Gasteiger partial charge in [0.2, 0.25) is 0 Å². The van der Waals surface area contributed by atoms with Gasteiger partial charge in [-0.15, -0.1) is 11.8 Å². The van der Waals surface area contributed by atoms with Crippen LogP contribution in [-0.4, -0.2) is 27.6 Å². The van der Waals surface area contributed by atoms with Gasteiger partial charge >= 0.3 is 0 Å². The fraction of sp³-hybridized carbons (Fsp3) is 0.222. The van der Waals surface area contributed by atoms with E-state index in [1.807, 2.05) is 6.07 Å². The second-order valence-electron chi connectivity index (χ2n) is 2.91. The summed E-state index contributed by atoms with van der Waals surface area (Å²) in [4.78, 5) is 4.94. The summed E-state index contributed by atoms with van der Waals surface area (Å²) < 4.78 is 0.868. The zero-order valence-corrected chi connectivity index (χ0v) is 9.44. The molecule has 6 heteroatoms. The van der Waals surface area contributed by atoms with Crippen LogP contribution in [-0.2, 0) is 0 Å². The van der Waals surface area contributed by atoms with Crippen molar-refractivity contribution in [3.8, 4) is 5.75 Å². The molecule has 2 rings (SSSR count). The van der Waals surface area contributed by atoms with Crippen LogP contribution in [0.1, 0.15) is 0 Å². The fourth-order valence-corrected chi connectivity index (χ4v) is 2.84. The van der Waals surface area contributed by atoms with Crippen molar-refractivity contribution >= 4 is 38.4 Å². The zero-order valence-electron chi connectivity index (χ0n) is 7.80. The van der Waals surface area contributed by atoms with Crippen molar-refractivity contribution in [1.82, 2.24) is 4.98 Å². The van der Waals surface area contributed by atoms with Crippen molar-refractivity contribution in [3.63, 3.8) is 0 Å². The molecule has 2 aromatic rings. The van der Waals surface area contributed by atoms with Crippen molar-refractivity contribution in [2.24, 2.45) is 0 Å². The van der Waals surface area contributed by atoms with Crippen LogP contribution in [0.4, 0.5) is 5.13 Å². The molecule has 0 aliphatic rings. The normalized spacial score (nSPS) is 11.0. The molecule has 1 aromatic carbocycles. The molecule has 0 spiro atoms. The van der Waals surface area contributed by atoms with E-state index in [4.69, 9.17) is 10.8 Å². The molecule has 4 nitrogen and oxygen atoms in total. The van der Waals surface area contributed by atoms with Crippen LogP contribution < -0.4 is 5.73 Å². The maximum atomic E-state index is 9.68. The summed E-state index contributed by atoms with van der Waals surface area (Å²) in [5, 5.41) is 18.8. The molecule has 1 heterocycles. The van der Waals surface area contributed by atoms with Crippen LogP contribution in [0.15, 0.2) is 17.0 Å². The summed E-state index contributed by atoms with van der Waals surface area (Å²) in [6.45, 7) is 0.119. The molecule has 0 fully saturated rings. The van der Waals surface area contributed by atoms with E-state index < -0.39 is 0 Å². The number of thioether (sulfide) groups is 1. The van der Waals surface area contributed by atoms with E-state index in [9.17, 15) is 5.11 Å². The Morgan fingerprint density at radius 1 is 1.47 bits per heavy atom. The van der Waals surface area contributed by atoms with Crippen molar-refractivity contribution in [1.29, 1.82) is 0 Å². The SMILES string of the molecule is Nc1nc2c(O)cc(SCCO)cc2s1. The third-order valence-electron chi connectivity index (χ3n) is 1.82. The highest BCUT2D eigenvalue weighted by Crippen LogP contribution is 2.34. The van der Waals surface area contributed by atoms with Crippen LogP contribution in [0, 0.1) is 0 Å². The number of benzene rings is 1. The van der Waals surface area contributed by atoms with E-state index >= 15 is 0 Å². The molecular weight excluding hydrogens is 232 g/mol. The molecule has 0 unspecified atom stereocenters. The van der Waals surface area contributed by atoms with Crippen LogP contribution in [0.3, 0.4) is 0 Å². The van der Waals surface area contributed by atoms with Crippen molar-refractivity contribution in [2.45, 2.75) is 4.90 Å². The van der Waals surface area contributed by atoms with Gasteiger partial charge in [-0.05, 0) is 12.1 Å². The Labute approximate surface area is 94.8 Å². The van der Waals surface area contributed by atoms with Crippen LogP contribution in [0.2, 0.25) is 0 Å².